The van der Waals surface area contributed by atoms with Crippen molar-refractivity contribution in [2.45, 2.75) is 43.2 Å². The highest BCUT2D eigenvalue weighted by molar-refractivity contribution is 8.23. The first kappa shape index (κ1) is 18.7. The first-order chi connectivity index (χ1) is 12.1. The zero-order chi connectivity index (χ0) is 17.6. The third-order valence-electron chi connectivity index (χ3n) is 4.20. The second kappa shape index (κ2) is 9.00. The van der Waals surface area contributed by atoms with Crippen molar-refractivity contribution in [3.8, 4) is 0 Å². The number of aromatic nitrogens is 2. The molecule has 1 aliphatic carbocycles. The van der Waals surface area contributed by atoms with Crippen LogP contribution in [0.3, 0.4) is 0 Å². The van der Waals surface area contributed by atoms with Crippen LogP contribution in [-0.2, 0) is 9.59 Å². The molecule has 2 amide bonds. The molecule has 0 radical (unpaired) electrons. The Balaban J connectivity index is 1.37. The van der Waals surface area contributed by atoms with Gasteiger partial charge in [-0.25, -0.2) is 0 Å². The lowest BCUT2D eigenvalue weighted by molar-refractivity contribution is -0.124. The highest BCUT2D eigenvalue weighted by atomic mass is 32.2. The Morgan fingerprint density at radius 1 is 1.36 bits per heavy atom. The number of nitrogens with one attached hydrogen (secondary N) is 1. The van der Waals surface area contributed by atoms with Crippen LogP contribution in [0.5, 0.6) is 0 Å². The third kappa shape index (κ3) is 5.18. The normalized spacial score (nSPS) is 18.8. The molecule has 0 spiro atoms. The number of nitrogens with zero attached hydrogens (tertiary/aromatic N) is 3. The van der Waals surface area contributed by atoms with E-state index in [-0.39, 0.29) is 17.6 Å². The van der Waals surface area contributed by atoms with E-state index in [1.807, 2.05) is 0 Å². The average Bonchev–Trinajstić information content (AvgIpc) is 3.22. The molecule has 25 heavy (non-hydrogen) atoms. The lowest BCUT2D eigenvalue weighted by Crippen LogP contribution is -2.37. The molecule has 1 saturated heterocycles. The van der Waals surface area contributed by atoms with Crippen LogP contribution in [0.2, 0.25) is 0 Å². The quantitative estimate of drug-likeness (QED) is 0.550. The van der Waals surface area contributed by atoms with Crippen LogP contribution in [0.25, 0.3) is 0 Å². The summed E-state index contributed by atoms with van der Waals surface area (Å²) in [4.78, 5) is 25.0. The van der Waals surface area contributed by atoms with Crippen LogP contribution in [-0.4, -0.2) is 55.8 Å². The molecule has 0 aromatic carbocycles. The van der Waals surface area contributed by atoms with E-state index < -0.39 is 0 Å². The minimum absolute atomic E-state index is 0.000254. The van der Waals surface area contributed by atoms with Crippen molar-refractivity contribution >= 4 is 51.9 Å². The monoisotopic (exact) mass is 400 g/mol. The van der Waals surface area contributed by atoms with Gasteiger partial charge in [0.1, 0.15) is 4.32 Å². The second-order valence-corrected chi connectivity index (χ2v) is 8.52. The van der Waals surface area contributed by atoms with E-state index in [0.29, 0.717) is 40.2 Å². The van der Waals surface area contributed by atoms with Gasteiger partial charge in [0.2, 0.25) is 17.7 Å². The fraction of sp³-hybridized carbons (Fsp3) is 0.667. The summed E-state index contributed by atoms with van der Waals surface area (Å²) in [5.41, 5.74) is 0. The van der Waals surface area contributed by atoms with Gasteiger partial charge in [-0.05, 0) is 12.8 Å². The molecular formula is C15H20N4O3S3. The standard InChI is InChI=1S/C15H20N4O3S3/c20-11(16-6-7-19-12(21)9-25-15(19)23)8-24-14-18-17-13(22-14)10-4-2-1-3-5-10/h10H,1-9H2,(H,16,20). The van der Waals surface area contributed by atoms with Gasteiger partial charge < -0.3 is 9.73 Å². The summed E-state index contributed by atoms with van der Waals surface area (Å²) in [5.74, 6) is 1.53. The molecule has 1 N–H and O–H groups in total. The van der Waals surface area contributed by atoms with Gasteiger partial charge in [0, 0.05) is 19.0 Å². The van der Waals surface area contributed by atoms with Gasteiger partial charge in [-0.1, -0.05) is 55.0 Å². The van der Waals surface area contributed by atoms with Crippen molar-refractivity contribution in [1.82, 2.24) is 20.4 Å². The minimum Gasteiger partial charge on any atom is -0.416 e. The van der Waals surface area contributed by atoms with Gasteiger partial charge in [0.15, 0.2) is 0 Å². The van der Waals surface area contributed by atoms with Crippen molar-refractivity contribution < 1.29 is 14.0 Å². The molecule has 1 saturated carbocycles. The number of amides is 2. The number of carbonyl (C=O) groups excluding carboxylic acids is 2. The molecule has 0 bridgehead atoms. The molecule has 136 valence electrons. The number of thiocarbonyl (C=S) groups is 1. The molecule has 0 unspecified atom stereocenters. The van der Waals surface area contributed by atoms with E-state index in [2.05, 4.69) is 15.5 Å². The van der Waals surface area contributed by atoms with Gasteiger partial charge in [-0.15, -0.1) is 10.2 Å². The Morgan fingerprint density at radius 2 is 2.16 bits per heavy atom. The van der Waals surface area contributed by atoms with E-state index in [9.17, 15) is 9.59 Å². The first-order valence-electron chi connectivity index (χ1n) is 8.33. The lowest BCUT2D eigenvalue weighted by atomic mass is 9.89. The molecule has 1 aliphatic heterocycles. The molecule has 0 atom stereocenters. The molecule has 1 aromatic rings. The maximum absolute atomic E-state index is 11.9. The SMILES string of the molecule is O=C(CSc1nnc(C2CCCCC2)o1)NCCN1C(=O)CSC1=S. The van der Waals surface area contributed by atoms with Crippen LogP contribution in [0.15, 0.2) is 9.64 Å². The summed E-state index contributed by atoms with van der Waals surface area (Å²) in [6.07, 6.45) is 5.89. The maximum atomic E-state index is 11.9. The topological polar surface area (TPSA) is 88.3 Å². The van der Waals surface area contributed by atoms with Crippen LogP contribution in [0.4, 0.5) is 0 Å². The van der Waals surface area contributed by atoms with E-state index in [0.717, 1.165) is 12.8 Å². The Labute approximate surface area is 160 Å². The lowest BCUT2D eigenvalue weighted by Gasteiger charge is -2.17. The number of carbonyl (C=O) groups is 2. The predicted octanol–water partition coefficient (Wildman–Crippen LogP) is 2.19. The van der Waals surface area contributed by atoms with Gasteiger partial charge >= 0.3 is 0 Å². The molecular weight excluding hydrogens is 380 g/mol. The largest absolute Gasteiger partial charge is 0.416 e. The first-order valence-corrected chi connectivity index (χ1v) is 10.7. The zero-order valence-electron chi connectivity index (χ0n) is 13.7. The highest BCUT2D eigenvalue weighted by Gasteiger charge is 2.26. The molecule has 2 aliphatic rings. The fourth-order valence-corrected chi connectivity index (χ4v) is 4.60. The van der Waals surface area contributed by atoms with Crippen LogP contribution in [0.1, 0.15) is 43.9 Å². The maximum Gasteiger partial charge on any atom is 0.277 e. The Kier molecular flexibility index (Phi) is 6.71. The van der Waals surface area contributed by atoms with Crippen molar-refractivity contribution in [2.24, 2.45) is 0 Å². The summed E-state index contributed by atoms with van der Waals surface area (Å²) in [5, 5.41) is 11.4. The molecule has 2 fully saturated rings. The van der Waals surface area contributed by atoms with Crippen molar-refractivity contribution in [3.63, 3.8) is 0 Å². The van der Waals surface area contributed by atoms with Gasteiger partial charge in [-0.2, -0.15) is 0 Å². The Bertz CT molecular complexity index is 630. The summed E-state index contributed by atoms with van der Waals surface area (Å²) >= 11 is 7.68. The Hall–Kier alpha value is -1.13. The van der Waals surface area contributed by atoms with Crippen LogP contribution >= 0.6 is 35.7 Å². The summed E-state index contributed by atoms with van der Waals surface area (Å²) in [6, 6.07) is 0. The van der Waals surface area contributed by atoms with Crippen molar-refractivity contribution in [1.29, 1.82) is 0 Å². The van der Waals surface area contributed by atoms with Gasteiger partial charge in [0.05, 0.1) is 11.5 Å². The van der Waals surface area contributed by atoms with E-state index in [1.165, 1.54) is 47.7 Å². The molecule has 1 aromatic heterocycles. The smallest absolute Gasteiger partial charge is 0.277 e. The van der Waals surface area contributed by atoms with Gasteiger partial charge in [-0.3, -0.25) is 14.5 Å². The zero-order valence-corrected chi connectivity index (χ0v) is 16.2. The van der Waals surface area contributed by atoms with Crippen LogP contribution in [0, 0.1) is 0 Å². The number of thioether (sulfide) groups is 2. The second-order valence-electron chi connectivity index (χ2n) is 5.98. The van der Waals surface area contributed by atoms with Crippen LogP contribution < -0.4 is 5.32 Å². The Morgan fingerprint density at radius 3 is 2.88 bits per heavy atom. The van der Waals surface area contributed by atoms with E-state index in [1.54, 1.807) is 0 Å². The number of hydrogen-bond donors (Lipinski definition) is 1. The molecule has 3 rings (SSSR count). The summed E-state index contributed by atoms with van der Waals surface area (Å²) < 4.78 is 6.25. The third-order valence-corrected chi connectivity index (χ3v) is 6.45. The minimum atomic E-state index is -0.132. The predicted molar refractivity (Wildman–Crippen MR) is 101 cm³/mol. The highest BCUT2D eigenvalue weighted by Crippen LogP contribution is 2.32. The molecule has 7 nitrogen and oxygen atoms in total. The fourth-order valence-electron chi connectivity index (χ4n) is 2.88. The van der Waals surface area contributed by atoms with Crippen molar-refractivity contribution in [2.75, 3.05) is 24.6 Å². The van der Waals surface area contributed by atoms with Crippen molar-refractivity contribution in [3.05, 3.63) is 5.89 Å². The number of rotatable bonds is 7. The number of hydrogen-bond acceptors (Lipinski definition) is 8. The van der Waals surface area contributed by atoms with Gasteiger partial charge in [0.25, 0.3) is 5.22 Å². The summed E-state index contributed by atoms with van der Waals surface area (Å²) in [6.45, 7) is 0.788. The molecule has 2 heterocycles. The summed E-state index contributed by atoms with van der Waals surface area (Å²) in [7, 11) is 0. The average molecular weight is 401 g/mol. The molecule has 10 heteroatoms. The van der Waals surface area contributed by atoms with E-state index >= 15 is 0 Å². The van der Waals surface area contributed by atoms with E-state index in [4.69, 9.17) is 16.6 Å².